The first-order chi connectivity index (χ1) is 15.2. The number of carbonyl (C=O) groups is 3. The third-order valence-corrected chi connectivity index (χ3v) is 6.50. The maximum absolute atomic E-state index is 13.2. The second-order valence-corrected chi connectivity index (χ2v) is 9.11. The Hall–Kier alpha value is -2.61. The van der Waals surface area contributed by atoms with Crippen molar-refractivity contribution in [1.29, 1.82) is 0 Å². The van der Waals surface area contributed by atoms with Gasteiger partial charge in [0, 0.05) is 57.8 Å². The predicted molar refractivity (Wildman–Crippen MR) is 122 cm³/mol. The molecule has 0 radical (unpaired) electrons. The molecular weight excluding hydrogens is 410 g/mol. The zero-order valence-corrected chi connectivity index (χ0v) is 19.7. The van der Waals surface area contributed by atoms with Crippen molar-refractivity contribution in [3.63, 3.8) is 0 Å². The Morgan fingerprint density at radius 3 is 2.50 bits per heavy atom. The van der Waals surface area contributed by atoms with Gasteiger partial charge in [0.25, 0.3) is 5.91 Å². The summed E-state index contributed by atoms with van der Waals surface area (Å²) in [4.78, 5) is 41.4. The molecule has 1 saturated carbocycles. The average Bonchev–Trinajstić information content (AvgIpc) is 2.70. The van der Waals surface area contributed by atoms with Crippen LogP contribution >= 0.6 is 0 Å². The van der Waals surface area contributed by atoms with E-state index in [0.29, 0.717) is 30.1 Å². The van der Waals surface area contributed by atoms with E-state index in [2.05, 4.69) is 12.2 Å². The van der Waals surface area contributed by atoms with Gasteiger partial charge in [0.1, 0.15) is 12.4 Å². The number of rotatable bonds is 3. The van der Waals surface area contributed by atoms with Crippen LogP contribution in [0.15, 0.2) is 18.2 Å². The summed E-state index contributed by atoms with van der Waals surface area (Å²) in [7, 11) is 3.38. The molecule has 1 heterocycles. The summed E-state index contributed by atoms with van der Waals surface area (Å²) in [5, 5.41) is 2.73. The van der Waals surface area contributed by atoms with Crippen LogP contribution in [0.5, 0.6) is 5.75 Å². The van der Waals surface area contributed by atoms with E-state index in [9.17, 15) is 14.4 Å². The molecule has 0 spiro atoms. The van der Waals surface area contributed by atoms with Crippen molar-refractivity contribution in [2.75, 3.05) is 39.2 Å². The second kappa shape index (κ2) is 10.3. The van der Waals surface area contributed by atoms with Crippen LogP contribution in [-0.2, 0) is 14.3 Å². The van der Waals surface area contributed by atoms with E-state index in [4.69, 9.17) is 9.47 Å². The Bertz CT molecular complexity index is 854. The molecule has 1 fully saturated rings. The number of nitrogens with zero attached hydrogens (tertiary/aromatic N) is 2. The summed E-state index contributed by atoms with van der Waals surface area (Å²) in [6.07, 6.45) is 2.75. The van der Waals surface area contributed by atoms with Crippen molar-refractivity contribution >= 4 is 23.4 Å². The van der Waals surface area contributed by atoms with Gasteiger partial charge in [-0.3, -0.25) is 14.4 Å². The Balaban J connectivity index is 1.95. The second-order valence-electron chi connectivity index (χ2n) is 9.11. The number of amides is 3. The molecule has 176 valence electrons. The minimum Gasteiger partial charge on any atom is -0.491 e. The normalized spacial score (nSPS) is 25.0. The summed E-state index contributed by atoms with van der Waals surface area (Å²) in [5.74, 6) is 0.300. The fourth-order valence-electron chi connectivity index (χ4n) is 4.25. The molecule has 0 bridgehead atoms. The standard InChI is InChI=1S/C24H35N3O5/c1-15-12-27(23(29)18-7-6-8-18)16(2)14-32-21-11-19(25-17(3)28)9-10-20(21)24(30)26(4)13-22(15)31-5/h9-11,15-16,18,22H,6-8,12-14H2,1-5H3,(H,25,28)/t15-,16-,22-/m0/s1. The lowest BCUT2D eigenvalue weighted by molar-refractivity contribution is -0.142. The van der Waals surface area contributed by atoms with Crippen LogP contribution in [-0.4, -0.2) is 73.5 Å². The molecule has 8 nitrogen and oxygen atoms in total. The number of ether oxygens (including phenoxy) is 2. The largest absolute Gasteiger partial charge is 0.491 e. The van der Waals surface area contributed by atoms with Gasteiger partial charge in [-0.1, -0.05) is 13.3 Å². The van der Waals surface area contributed by atoms with Gasteiger partial charge in [-0.2, -0.15) is 0 Å². The van der Waals surface area contributed by atoms with Crippen molar-refractivity contribution in [2.45, 2.75) is 52.2 Å². The SMILES string of the molecule is CO[C@H]1CN(C)C(=O)c2ccc(NC(C)=O)cc2OC[C@H](C)N(C(=O)C2CCC2)C[C@@H]1C. The lowest BCUT2D eigenvalue weighted by Crippen LogP contribution is -2.51. The monoisotopic (exact) mass is 445 g/mol. The quantitative estimate of drug-likeness (QED) is 0.773. The van der Waals surface area contributed by atoms with Crippen molar-refractivity contribution in [3.05, 3.63) is 23.8 Å². The number of fused-ring (bicyclic) bond motifs is 1. The summed E-state index contributed by atoms with van der Waals surface area (Å²) in [5.41, 5.74) is 0.964. The van der Waals surface area contributed by atoms with Crippen LogP contribution in [0, 0.1) is 11.8 Å². The maximum Gasteiger partial charge on any atom is 0.257 e. The van der Waals surface area contributed by atoms with Crippen LogP contribution < -0.4 is 10.1 Å². The third-order valence-electron chi connectivity index (χ3n) is 6.50. The number of hydrogen-bond acceptors (Lipinski definition) is 5. The molecule has 1 aromatic carbocycles. The maximum atomic E-state index is 13.2. The molecule has 0 unspecified atom stereocenters. The minimum atomic E-state index is -0.213. The highest BCUT2D eigenvalue weighted by molar-refractivity contribution is 5.98. The fourth-order valence-corrected chi connectivity index (χ4v) is 4.25. The summed E-state index contributed by atoms with van der Waals surface area (Å²) in [6.45, 7) is 6.64. The highest BCUT2D eigenvalue weighted by atomic mass is 16.5. The number of hydrogen-bond donors (Lipinski definition) is 1. The molecule has 3 rings (SSSR count). The lowest BCUT2D eigenvalue weighted by atomic mass is 9.83. The average molecular weight is 446 g/mol. The topological polar surface area (TPSA) is 88.2 Å². The first-order valence-corrected chi connectivity index (χ1v) is 11.3. The van der Waals surface area contributed by atoms with Crippen LogP contribution in [0.2, 0.25) is 0 Å². The van der Waals surface area contributed by atoms with Gasteiger partial charge in [0.05, 0.1) is 17.7 Å². The zero-order valence-electron chi connectivity index (χ0n) is 19.7. The number of nitrogens with one attached hydrogen (secondary N) is 1. The van der Waals surface area contributed by atoms with Gasteiger partial charge in [0.2, 0.25) is 11.8 Å². The summed E-state index contributed by atoms with van der Waals surface area (Å²) >= 11 is 0. The number of likely N-dealkylation sites (N-methyl/N-ethyl adjacent to an activating group) is 1. The molecule has 1 N–H and O–H groups in total. The van der Waals surface area contributed by atoms with Crippen LogP contribution in [0.3, 0.4) is 0 Å². The van der Waals surface area contributed by atoms with E-state index in [1.54, 1.807) is 37.3 Å². The molecule has 0 saturated heterocycles. The van der Waals surface area contributed by atoms with Gasteiger partial charge in [0.15, 0.2) is 0 Å². The van der Waals surface area contributed by atoms with Crippen molar-refractivity contribution in [2.24, 2.45) is 11.8 Å². The molecule has 1 aromatic rings. The van der Waals surface area contributed by atoms with Crippen LogP contribution in [0.25, 0.3) is 0 Å². The van der Waals surface area contributed by atoms with E-state index < -0.39 is 0 Å². The molecular formula is C24H35N3O5. The highest BCUT2D eigenvalue weighted by Gasteiger charge is 2.35. The summed E-state index contributed by atoms with van der Waals surface area (Å²) < 4.78 is 11.8. The molecule has 32 heavy (non-hydrogen) atoms. The van der Waals surface area contributed by atoms with Crippen LogP contribution in [0.1, 0.15) is 50.4 Å². The number of carbonyl (C=O) groups excluding carboxylic acids is 3. The van der Waals surface area contributed by atoms with Gasteiger partial charge in [-0.05, 0) is 31.9 Å². The molecule has 0 aromatic heterocycles. The fraction of sp³-hybridized carbons (Fsp3) is 0.625. The van der Waals surface area contributed by atoms with Crippen molar-refractivity contribution in [3.8, 4) is 5.75 Å². The van der Waals surface area contributed by atoms with Gasteiger partial charge in [-0.25, -0.2) is 0 Å². The van der Waals surface area contributed by atoms with Crippen molar-refractivity contribution in [1.82, 2.24) is 9.80 Å². The Morgan fingerprint density at radius 2 is 1.91 bits per heavy atom. The van der Waals surface area contributed by atoms with E-state index in [0.717, 1.165) is 19.3 Å². The third kappa shape index (κ3) is 5.41. The smallest absolute Gasteiger partial charge is 0.257 e. The van der Waals surface area contributed by atoms with E-state index in [-0.39, 0.29) is 48.3 Å². The lowest BCUT2D eigenvalue weighted by Gasteiger charge is -2.39. The predicted octanol–water partition coefficient (Wildman–Crippen LogP) is 2.78. The molecule has 1 aliphatic heterocycles. The molecule has 1 aliphatic carbocycles. The van der Waals surface area contributed by atoms with E-state index >= 15 is 0 Å². The minimum absolute atomic E-state index is 0.0442. The van der Waals surface area contributed by atoms with Crippen LogP contribution in [0.4, 0.5) is 5.69 Å². The number of benzene rings is 1. The molecule has 8 heteroatoms. The Morgan fingerprint density at radius 1 is 1.19 bits per heavy atom. The van der Waals surface area contributed by atoms with Gasteiger partial charge < -0.3 is 24.6 Å². The Kier molecular flexibility index (Phi) is 7.77. The zero-order chi connectivity index (χ0) is 23.4. The number of methoxy groups -OCH3 is 1. The first kappa shape index (κ1) is 24.0. The van der Waals surface area contributed by atoms with E-state index in [1.165, 1.54) is 6.92 Å². The van der Waals surface area contributed by atoms with Gasteiger partial charge >= 0.3 is 0 Å². The van der Waals surface area contributed by atoms with Gasteiger partial charge in [-0.15, -0.1) is 0 Å². The number of anilines is 1. The highest BCUT2D eigenvalue weighted by Crippen LogP contribution is 2.31. The van der Waals surface area contributed by atoms with E-state index in [1.807, 2.05) is 11.8 Å². The van der Waals surface area contributed by atoms with Crippen molar-refractivity contribution < 1.29 is 23.9 Å². The molecule has 3 amide bonds. The molecule has 2 aliphatic rings. The molecule has 3 atom stereocenters. The Labute approximate surface area is 190 Å². The summed E-state index contributed by atoms with van der Waals surface area (Å²) in [6, 6.07) is 4.84. The first-order valence-electron chi connectivity index (χ1n) is 11.3.